The molecule has 0 bridgehead atoms. The van der Waals surface area contributed by atoms with E-state index < -0.39 is 0 Å². The summed E-state index contributed by atoms with van der Waals surface area (Å²) in [6, 6.07) is 10.2. The lowest BCUT2D eigenvalue weighted by Crippen LogP contribution is -2.53. The third-order valence-corrected chi connectivity index (χ3v) is 6.82. The van der Waals surface area contributed by atoms with Crippen molar-refractivity contribution in [3.63, 3.8) is 0 Å². The molecule has 2 aliphatic rings. The van der Waals surface area contributed by atoms with Gasteiger partial charge in [-0.25, -0.2) is 4.79 Å². The minimum Gasteiger partial charge on any atom is -0.354 e. The van der Waals surface area contributed by atoms with Gasteiger partial charge in [-0.2, -0.15) is 0 Å². The van der Waals surface area contributed by atoms with Crippen LogP contribution in [0.1, 0.15) is 63.9 Å². The molecule has 1 saturated heterocycles. The smallest absolute Gasteiger partial charge is 0.317 e. The summed E-state index contributed by atoms with van der Waals surface area (Å²) in [5.41, 5.74) is 1.23. The van der Waals surface area contributed by atoms with Crippen molar-refractivity contribution in [1.82, 2.24) is 20.4 Å². The lowest BCUT2D eigenvalue weighted by atomic mass is 9.77. The van der Waals surface area contributed by atoms with Gasteiger partial charge in [0, 0.05) is 44.7 Å². The first-order valence-electron chi connectivity index (χ1n) is 12.2. The van der Waals surface area contributed by atoms with Gasteiger partial charge in [0.1, 0.15) is 0 Å². The van der Waals surface area contributed by atoms with E-state index >= 15 is 0 Å². The van der Waals surface area contributed by atoms with Crippen LogP contribution in [0.3, 0.4) is 0 Å². The molecule has 6 heteroatoms. The second-order valence-electron chi connectivity index (χ2n) is 9.11. The number of nitrogens with zero attached hydrogens (tertiary/aromatic N) is 2. The van der Waals surface area contributed by atoms with E-state index in [0.29, 0.717) is 26.1 Å². The van der Waals surface area contributed by atoms with Crippen LogP contribution in [0.4, 0.5) is 4.79 Å². The van der Waals surface area contributed by atoms with E-state index in [0.717, 1.165) is 51.7 Å². The summed E-state index contributed by atoms with van der Waals surface area (Å²) >= 11 is 0. The molecule has 1 aliphatic heterocycles. The van der Waals surface area contributed by atoms with Gasteiger partial charge in [0.2, 0.25) is 5.91 Å². The molecule has 1 heterocycles. The molecule has 0 aromatic heterocycles. The highest BCUT2D eigenvalue weighted by Gasteiger charge is 2.39. The molecule has 1 spiro atoms. The highest BCUT2D eigenvalue weighted by molar-refractivity contribution is 5.77. The van der Waals surface area contributed by atoms with Crippen molar-refractivity contribution in [1.29, 1.82) is 0 Å². The standard InChI is InChI=1S/C25H40N4O2/c1-2-17-29-19-9-18-28(24(31)27-15-12-22-10-5-3-6-11-22)20-16-26-23(30)21-25(29)13-7-4-8-14-25/h3,5-6,10-11H,2,4,7-9,12-21H2,1H3,(H,26,30)(H,27,31). The fourth-order valence-corrected chi connectivity index (χ4v) is 5.20. The maximum Gasteiger partial charge on any atom is 0.317 e. The van der Waals surface area contributed by atoms with Crippen molar-refractivity contribution in [2.24, 2.45) is 0 Å². The van der Waals surface area contributed by atoms with Crippen LogP contribution in [0, 0.1) is 0 Å². The van der Waals surface area contributed by atoms with Crippen molar-refractivity contribution < 1.29 is 9.59 Å². The van der Waals surface area contributed by atoms with E-state index in [1.165, 1.54) is 24.8 Å². The van der Waals surface area contributed by atoms with Crippen LogP contribution in [0.5, 0.6) is 0 Å². The highest BCUT2D eigenvalue weighted by atomic mass is 16.2. The van der Waals surface area contributed by atoms with Gasteiger partial charge < -0.3 is 15.5 Å². The molecule has 1 aliphatic carbocycles. The molecule has 2 N–H and O–H groups in total. The molecule has 172 valence electrons. The Kier molecular flexibility index (Phi) is 9.19. The van der Waals surface area contributed by atoms with Crippen LogP contribution in [0.15, 0.2) is 30.3 Å². The highest BCUT2D eigenvalue weighted by Crippen LogP contribution is 2.37. The number of hydrogen-bond acceptors (Lipinski definition) is 3. The third kappa shape index (κ3) is 6.96. The molecule has 2 fully saturated rings. The summed E-state index contributed by atoms with van der Waals surface area (Å²) in [6.07, 6.45) is 9.39. The quantitative estimate of drug-likeness (QED) is 0.754. The number of carbonyl (C=O) groups is 2. The Morgan fingerprint density at radius 1 is 1.06 bits per heavy atom. The van der Waals surface area contributed by atoms with Crippen molar-refractivity contribution in [3.05, 3.63) is 35.9 Å². The number of hydrogen-bond donors (Lipinski definition) is 2. The number of rotatable bonds is 5. The molecular formula is C25H40N4O2. The van der Waals surface area contributed by atoms with Crippen LogP contribution in [0.2, 0.25) is 0 Å². The van der Waals surface area contributed by atoms with Crippen LogP contribution < -0.4 is 10.6 Å². The third-order valence-electron chi connectivity index (χ3n) is 6.82. The first-order chi connectivity index (χ1) is 15.1. The van der Waals surface area contributed by atoms with Crippen LogP contribution in [-0.2, 0) is 11.2 Å². The van der Waals surface area contributed by atoms with E-state index in [1.54, 1.807) is 0 Å². The number of carbonyl (C=O) groups excluding carboxylic acids is 2. The molecule has 31 heavy (non-hydrogen) atoms. The summed E-state index contributed by atoms with van der Waals surface area (Å²) < 4.78 is 0. The average Bonchev–Trinajstić information content (AvgIpc) is 2.80. The molecule has 0 atom stereocenters. The zero-order chi connectivity index (χ0) is 21.9. The first-order valence-corrected chi connectivity index (χ1v) is 12.2. The van der Waals surface area contributed by atoms with Crippen molar-refractivity contribution in [2.45, 2.75) is 70.3 Å². The van der Waals surface area contributed by atoms with E-state index in [4.69, 9.17) is 0 Å². The van der Waals surface area contributed by atoms with E-state index in [1.807, 2.05) is 23.1 Å². The lowest BCUT2D eigenvalue weighted by Gasteiger charge is -2.46. The van der Waals surface area contributed by atoms with Crippen molar-refractivity contribution in [3.8, 4) is 0 Å². The fraction of sp³-hybridized carbons (Fsp3) is 0.680. The van der Waals surface area contributed by atoms with Gasteiger partial charge in [-0.05, 0) is 44.2 Å². The first kappa shape index (κ1) is 23.6. The zero-order valence-electron chi connectivity index (χ0n) is 19.2. The predicted molar refractivity (Wildman–Crippen MR) is 125 cm³/mol. The molecule has 0 unspecified atom stereocenters. The summed E-state index contributed by atoms with van der Waals surface area (Å²) in [5, 5.41) is 6.16. The number of benzene rings is 1. The molecule has 3 amide bonds. The van der Waals surface area contributed by atoms with Gasteiger partial charge in [0.15, 0.2) is 0 Å². The molecule has 1 aromatic carbocycles. The Balaban J connectivity index is 1.59. The zero-order valence-corrected chi connectivity index (χ0v) is 19.2. The Bertz CT molecular complexity index is 688. The van der Waals surface area contributed by atoms with Gasteiger partial charge >= 0.3 is 6.03 Å². The summed E-state index contributed by atoms with van der Waals surface area (Å²) in [6.45, 7) is 6.62. The predicted octanol–water partition coefficient (Wildman–Crippen LogP) is 3.57. The maximum atomic E-state index is 12.8. The summed E-state index contributed by atoms with van der Waals surface area (Å²) in [7, 11) is 0. The number of urea groups is 1. The number of nitrogens with one attached hydrogen (secondary N) is 2. The Morgan fingerprint density at radius 3 is 2.58 bits per heavy atom. The van der Waals surface area contributed by atoms with Gasteiger partial charge in [-0.1, -0.05) is 56.5 Å². The Labute approximate surface area is 187 Å². The van der Waals surface area contributed by atoms with Crippen molar-refractivity contribution >= 4 is 11.9 Å². The van der Waals surface area contributed by atoms with Gasteiger partial charge in [0.05, 0.1) is 0 Å². The molecule has 1 aromatic rings. The van der Waals surface area contributed by atoms with E-state index in [9.17, 15) is 9.59 Å². The van der Waals surface area contributed by atoms with Gasteiger partial charge in [0.25, 0.3) is 0 Å². The maximum absolute atomic E-state index is 12.8. The summed E-state index contributed by atoms with van der Waals surface area (Å²) in [4.78, 5) is 30.0. The molecule has 3 rings (SSSR count). The minimum atomic E-state index is -0.0288. The molecule has 6 nitrogen and oxygen atoms in total. The SMILES string of the molecule is CCCN1CCCN(C(=O)NCCc2ccccc2)CCNC(=O)CC12CCCCC2. The average molecular weight is 429 g/mol. The summed E-state index contributed by atoms with van der Waals surface area (Å²) in [5.74, 6) is 0.134. The Morgan fingerprint density at radius 2 is 1.84 bits per heavy atom. The van der Waals surface area contributed by atoms with Crippen LogP contribution in [0.25, 0.3) is 0 Å². The van der Waals surface area contributed by atoms with Crippen molar-refractivity contribution in [2.75, 3.05) is 39.3 Å². The number of amides is 3. The lowest BCUT2D eigenvalue weighted by molar-refractivity contribution is -0.125. The molecule has 0 radical (unpaired) electrons. The molecular weight excluding hydrogens is 388 g/mol. The Hall–Kier alpha value is -2.08. The van der Waals surface area contributed by atoms with E-state index in [-0.39, 0.29) is 17.5 Å². The molecule has 1 saturated carbocycles. The minimum absolute atomic E-state index is 0.00541. The normalized spacial score (nSPS) is 20.7. The largest absolute Gasteiger partial charge is 0.354 e. The van der Waals surface area contributed by atoms with Gasteiger partial charge in [-0.15, -0.1) is 0 Å². The van der Waals surface area contributed by atoms with Gasteiger partial charge in [-0.3, -0.25) is 9.69 Å². The topological polar surface area (TPSA) is 64.7 Å². The second-order valence-corrected chi connectivity index (χ2v) is 9.11. The monoisotopic (exact) mass is 428 g/mol. The van der Waals surface area contributed by atoms with Crippen LogP contribution in [-0.4, -0.2) is 66.5 Å². The van der Waals surface area contributed by atoms with E-state index in [2.05, 4.69) is 34.6 Å². The second kappa shape index (κ2) is 12.1. The fourth-order valence-electron chi connectivity index (χ4n) is 5.20. The van der Waals surface area contributed by atoms with Crippen LogP contribution >= 0.6 is 0 Å².